The zero-order chi connectivity index (χ0) is 12.3. The third kappa shape index (κ3) is 2.96. The number of hydrogen-bond acceptors (Lipinski definition) is 3. The lowest BCUT2D eigenvalue weighted by molar-refractivity contribution is 0.182. The van der Waals surface area contributed by atoms with Gasteiger partial charge in [-0.1, -0.05) is 0 Å². The van der Waals surface area contributed by atoms with E-state index in [0.717, 1.165) is 15.5 Å². The van der Waals surface area contributed by atoms with Crippen molar-refractivity contribution in [3.05, 3.63) is 17.0 Å². The number of amides is 4. The highest BCUT2D eigenvalue weighted by molar-refractivity contribution is 7.14. The van der Waals surface area contributed by atoms with Crippen molar-refractivity contribution in [2.45, 2.75) is 6.92 Å². The molecule has 16 heavy (non-hydrogen) atoms. The summed E-state index contributed by atoms with van der Waals surface area (Å²) in [4.78, 5) is 25.5. The van der Waals surface area contributed by atoms with Gasteiger partial charge in [-0.2, -0.15) is 0 Å². The maximum absolute atomic E-state index is 11.6. The van der Waals surface area contributed by atoms with Crippen LogP contribution in [-0.2, 0) is 0 Å². The molecule has 0 unspecified atom stereocenters. The van der Waals surface area contributed by atoms with Gasteiger partial charge in [-0.05, 0) is 23.9 Å². The van der Waals surface area contributed by atoms with Gasteiger partial charge < -0.3 is 4.90 Å². The fourth-order valence-corrected chi connectivity index (χ4v) is 1.85. The summed E-state index contributed by atoms with van der Waals surface area (Å²) in [6.45, 7) is 1.95. The number of anilines is 1. The van der Waals surface area contributed by atoms with Crippen molar-refractivity contribution >= 4 is 28.4 Å². The molecule has 0 bridgehead atoms. The Labute approximate surface area is 98.7 Å². The van der Waals surface area contributed by atoms with Gasteiger partial charge in [0.2, 0.25) is 0 Å². The van der Waals surface area contributed by atoms with Crippen molar-refractivity contribution in [2.24, 2.45) is 0 Å². The van der Waals surface area contributed by atoms with Crippen LogP contribution in [0.2, 0.25) is 0 Å². The summed E-state index contributed by atoms with van der Waals surface area (Å²) in [6.07, 6.45) is 0. The van der Waals surface area contributed by atoms with E-state index in [4.69, 9.17) is 0 Å². The minimum atomic E-state index is -0.430. The molecule has 0 aliphatic carbocycles. The Morgan fingerprint density at radius 1 is 1.31 bits per heavy atom. The maximum atomic E-state index is 11.6. The topological polar surface area (TPSA) is 52.7 Å². The van der Waals surface area contributed by atoms with Crippen molar-refractivity contribution in [2.75, 3.05) is 26.5 Å². The van der Waals surface area contributed by atoms with Crippen molar-refractivity contribution in [3.63, 3.8) is 0 Å². The molecule has 1 rings (SSSR count). The van der Waals surface area contributed by atoms with Crippen molar-refractivity contribution in [1.29, 1.82) is 0 Å². The molecule has 1 aromatic heterocycles. The lowest BCUT2D eigenvalue weighted by Crippen LogP contribution is -2.42. The van der Waals surface area contributed by atoms with Gasteiger partial charge in [0.05, 0.1) is 5.00 Å². The Hall–Kier alpha value is -1.56. The molecule has 1 aromatic rings. The van der Waals surface area contributed by atoms with Gasteiger partial charge in [0.15, 0.2) is 0 Å². The molecular formula is C10H15N3O2S. The maximum Gasteiger partial charge on any atom is 0.330 e. The van der Waals surface area contributed by atoms with Gasteiger partial charge in [-0.15, -0.1) is 11.3 Å². The second-order valence-electron chi connectivity index (χ2n) is 3.65. The predicted octanol–water partition coefficient (Wildman–Crippen LogP) is 2.20. The summed E-state index contributed by atoms with van der Waals surface area (Å²) in [7, 11) is 4.64. The summed E-state index contributed by atoms with van der Waals surface area (Å²) >= 11 is 1.43. The molecule has 0 saturated heterocycles. The van der Waals surface area contributed by atoms with Crippen molar-refractivity contribution in [3.8, 4) is 0 Å². The standard InChI is InChI=1S/C10H15N3O2S/c1-7-5-8(16-6-7)11-9(14)13(4)10(15)12(2)3/h5-6H,1-4H3,(H,11,14). The molecule has 0 aliphatic rings. The van der Waals surface area contributed by atoms with Crippen LogP contribution in [0.5, 0.6) is 0 Å². The van der Waals surface area contributed by atoms with Crippen LogP contribution in [-0.4, -0.2) is 43.0 Å². The first-order valence-corrected chi connectivity index (χ1v) is 5.61. The van der Waals surface area contributed by atoms with Crippen LogP contribution >= 0.6 is 11.3 Å². The average Bonchev–Trinajstić information content (AvgIpc) is 2.61. The Kier molecular flexibility index (Phi) is 3.89. The molecule has 0 saturated carbocycles. The third-order valence-electron chi connectivity index (χ3n) is 1.93. The fraction of sp³-hybridized carbons (Fsp3) is 0.400. The number of hydrogen-bond donors (Lipinski definition) is 1. The van der Waals surface area contributed by atoms with Gasteiger partial charge in [-0.25, -0.2) is 14.5 Å². The monoisotopic (exact) mass is 241 g/mol. The van der Waals surface area contributed by atoms with E-state index >= 15 is 0 Å². The SMILES string of the molecule is Cc1csc(NC(=O)N(C)C(=O)N(C)C)c1. The Bertz CT molecular complexity index is 401. The average molecular weight is 241 g/mol. The van der Waals surface area contributed by atoms with E-state index in [-0.39, 0.29) is 6.03 Å². The summed E-state index contributed by atoms with van der Waals surface area (Å²) < 4.78 is 0. The van der Waals surface area contributed by atoms with Gasteiger partial charge in [0.25, 0.3) is 0 Å². The number of rotatable bonds is 1. The summed E-state index contributed by atoms with van der Waals surface area (Å²) in [5, 5.41) is 5.33. The summed E-state index contributed by atoms with van der Waals surface area (Å²) in [5.74, 6) is 0. The molecule has 5 nitrogen and oxygen atoms in total. The molecule has 0 fully saturated rings. The molecule has 6 heteroatoms. The number of carbonyl (C=O) groups is 2. The Balaban J connectivity index is 2.62. The second kappa shape index (κ2) is 4.98. The van der Waals surface area contributed by atoms with E-state index in [2.05, 4.69) is 5.32 Å². The number of nitrogens with zero attached hydrogens (tertiary/aromatic N) is 2. The zero-order valence-electron chi connectivity index (χ0n) is 9.77. The molecule has 4 amide bonds. The van der Waals surface area contributed by atoms with Gasteiger partial charge in [-0.3, -0.25) is 5.32 Å². The van der Waals surface area contributed by atoms with Gasteiger partial charge in [0.1, 0.15) is 0 Å². The largest absolute Gasteiger partial charge is 0.330 e. The van der Waals surface area contributed by atoms with E-state index in [0.29, 0.717) is 0 Å². The lowest BCUT2D eigenvalue weighted by atomic mass is 10.4. The molecule has 1 N–H and O–H groups in total. The van der Waals surface area contributed by atoms with Crippen molar-refractivity contribution in [1.82, 2.24) is 9.80 Å². The first kappa shape index (κ1) is 12.5. The van der Waals surface area contributed by atoms with Crippen LogP contribution in [0, 0.1) is 6.92 Å². The van der Waals surface area contributed by atoms with Gasteiger partial charge >= 0.3 is 12.1 Å². The van der Waals surface area contributed by atoms with E-state index in [1.54, 1.807) is 14.1 Å². The smallest absolute Gasteiger partial charge is 0.330 e. The number of imide groups is 1. The Morgan fingerprint density at radius 2 is 1.94 bits per heavy atom. The molecule has 0 aromatic carbocycles. The quantitative estimate of drug-likeness (QED) is 0.819. The molecular weight excluding hydrogens is 226 g/mol. The van der Waals surface area contributed by atoms with Crippen LogP contribution in [0.4, 0.5) is 14.6 Å². The molecule has 0 radical (unpaired) electrons. The highest BCUT2D eigenvalue weighted by Gasteiger charge is 2.18. The van der Waals surface area contributed by atoms with E-state index in [1.807, 2.05) is 18.4 Å². The molecule has 1 heterocycles. The highest BCUT2D eigenvalue weighted by Crippen LogP contribution is 2.19. The number of nitrogens with one attached hydrogen (secondary N) is 1. The zero-order valence-corrected chi connectivity index (χ0v) is 10.6. The second-order valence-corrected chi connectivity index (χ2v) is 4.57. The summed E-state index contributed by atoms with van der Waals surface area (Å²) in [6, 6.07) is 1.07. The normalized spacial score (nSPS) is 9.75. The van der Waals surface area contributed by atoms with Crippen LogP contribution in [0.25, 0.3) is 0 Å². The van der Waals surface area contributed by atoms with Crippen LogP contribution in [0.1, 0.15) is 5.56 Å². The molecule has 88 valence electrons. The number of urea groups is 2. The first-order valence-electron chi connectivity index (χ1n) is 4.73. The molecule has 0 aliphatic heterocycles. The number of thiophene rings is 1. The first-order chi connectivity index (χ1) is 7.41. The molecule has 0 spiro atoms. The predicted molar refractivity (Wildman–Crippen MR) is 64.9 cm³/mol. The van der Waals surface area contributed by atoms with Crippen LogP contribution in [0.15, 0.2) is 11.4 Å². The van der Waals surface area contributed by atoms with E-state index in [1.165, 1.54) is 23.3 Å². The van der Waals surface area contributed by atoms with Crippen molar-refractivity contribution < 1.29 is 9.59 Å². The minimum Gasteiger partial charge on any atom is -0.330 e. The third-order valence-corrected chi connectivity index (χ3v) is 2.90. The van der Waals surface area contributed by atoms with Gasteiger partial charge in [0, 0.05) is 21.1 Å². The highest BCUT2D eigenvalue weighted by atomic mass is 32.1. The van der Waals surface area contributed by atoms with Crippen LogP contribution in [0.3, 0.4) is 0 Å². The van der Waals surface area contributed by atoms with Crippen LogP contribution < -0.4 is 5.32 Å². The molecule has 0 atom stereocenters. The lowest BCUT2D eigenvalue weighted by Gasteiger charge is -2.19. The number of aryl methyl sites for hydroxylation is 1. The van der Waals surface area contributed by atoms with E-state index in [9.17, 15) is 9.59 Å². The summed E-state index contributed by atoms with van der Waals surface area (Å²) in [5.41, 5.74) is 1.09. The number of carbonyl (C=O) groups excluding carboxylic acids is 2. The fourth-order valence-electron chi connectivity index (χ4n) is 1.07. The Morgan fingerprint density at radius 3 is 2.38 bits per heavy atom. The minimum absolute atomic E-state index is 0.356. The van der Waals surface area contributed by atoms with E-state index < -0.39 is 6.03 Å².